The van der Waals surface area contributed by atoms with Crippen molar-refractivity contribution in [3.05, 3.63) is 94.9 Å². The molecule has 0 aliphatic carbocycles. The number of thioether (sulfide) groups is 1. The Labute approximate surface area is 212 Å². The number of carbonyl (C=O) groups is 4. The van der Waals surface area contributed by atoms with Crippen molar-refractivity contribution in [2.24, 2.45) is 0 Å². The van der Waals surface area contributed by atoms with Crippen LogP contribution < -0.4 is 15.4 Å². The van der Waals surface area contributed by atoms with Crippen LogP contribution in [-0.4, -0.2) is 41.0 Å². The molecule has 0 bridgehead atoms. The molecule has 9 heteroatoms. The molecular formula is C27H23N3O5S. The van der Waals surface area contributed by atoms with E-state index in [4.69, 9.17) is 4.74 Å². The molecule has 0 saturated carbocycles. The fraction of sp³-hybridized carbons (Fsp3) is 0.111. The number of carbonyl (C=O) groups excluding carboxylic acids is 4. The third-order valence-corrected chi connectivity index (χ3v) is 6.11. The summed E-state index contributed by atoms with van der Waals surface area (Å²) >= 11 is 0.780. The van der Waals surface area contributed by atoms with Crippen molar-refractivity contribution in [3.63, 3.8) is 0 Å². The van der Waals surface area contributed by atoms with Crippen molar-refractivity contribution >= 4 is 52.2 Å². The molecule has 1 saturated heterocycles. The molecule has 1 heterocycles. The zero-order valence-electron chi connectivity index (χ0n) is 19.4. The van der Waals surface area contributed by atoms with Crippen molar-refractivity contribution in [2.45, 2.75) is 6.92 Å². The van der Waals surface area contributed by atoms with Crippen LogP contribution in [0, 0.1) is 6.92 Å². The maximum absolute atomic E-state index is 12.7. The minimum absolute atomic E-state index is 0.155. The fourth-order valence-electron chi connectivity index (χ4n) is 3.36. The number of amides is 4. The van der Waals surface area contributed by atoms with Crippen LogP contribution in [0.15, 0.2) is 83.8 Å². The summed E-state index contributed by atoms with van der Waals surface area (Å²) in [7, 11) is 0. The largest absolute Gasteiger partial charge is 0.484 e. The van der Waals surface area contributed by atoms with Crippen LogP contribution in [0.3, 0.4) is 0 Å². The summed E-state index contributed by atoms with van der Waals surface area (Å²) in [6, 6.07) is 23.0. The predicted molar refractivity (Wildman–Crippen MR) is 139 cm³/mol. The standard InChI is InChI=1S/C27H23N3O5S/c1-18-7-5-6-10-22(18)29-25(32)17-35-21-13-11-19(12-14-21)15-23-26(33)30(27(34)36-23)16-24(31)28-20-8-3-2-4-9-20/h2-15H,16-17H2,1H3,(H,28,31)(H,29,32)/b23-15-. The van der Waals surface area contributed by atoms with E-state index in [9.17, 15) is 19.2 Å². The van der Waals surface area contributed by atoms with E-state index >= 15 is 0 Å². The Morgan fingerprint density at radius 2 is 1.58 bits per heavy atom. The Morgan fingerprint density at radius 3 is 2.31 bits per heavy atom. The average molecular weight is 502 g/mol. The number of hydrogen-bond donors (Lipinski definition) is 2. The molecule has 8 nitrogen and oxygen atoms in total. The molecule has 2 N–H and O–H groups in total. The monoisotopic (exact) mass is 501 g/mol. The molecule has 3 aromatic carbocycles. The smallest absolute Gasteiger partial charge is 0.294 e. The van der Waals surface area contributed by atoms with E-state index in [0.717, 1.165) is 27.9 Å². The third-order valence-electron chi connectivity index (χ3n) is 5.20. The van der Waals surface area contributed by atoms with Gasteiger partial charge >= 0.3 is 0 Å². The first kappa shape index (κ1) is 24.7. The second kappa shape index (κ2) is 11.4. The Balaban J connectivity index is 1.31. The van der Waals surface area contributed by atoms with Gasteiger partial charge in [0, 0.05) is 11.4 Å². The van der Waals surface area contributed by atoms with Crippen LogP contribution in [0.2, 0.25) is 0 Å². The van der Waals surface area contributed by atoms with E-state index in [1.807, 2.05) is 37.3 Å². The second-order valence-electron chi connectivity index (χ2n) is 7.90. The van der Waals surface area contributed by atoms with Gasteiger partial charge in [0.15, 0.2) is 6.61 Å². The lowest BCUT2D eigenvalue weighted by molar-refractivity contribution is -0.127. The lowest BCUT2D eigenvalue weighted by atomic mass is 10.2. The highest BCUT2D eigenvalue weighted by Gasteiger charge is 2.36. The van der Waals surface area contributed by atoms with E-state index in [0.29, 0.717) is 17.0 Å². The van der Waals surface area contributed by atoms with E-state index in [-0.39, 0.29) is 24.0 Å². The van der Waals surface area contributed by atoms with Crippen molar-refractivity contribution < 1.29 is 23.9 Å². The van der Waals surface area contributed by atoms with Crippen LogP contribution in [0.4, 0.5) is 16.2 Å². The van der Waals surface area contributed by atoms with Crippen LogP contribution in [0.1, 0.15) is 11.1 Å². The quantitative estimate of drug-likeness (QED) is 0.434. The summed E-state index contributed by atoms with van der Waals surface area (Å²) in [4.78, 5) is 50.6. The molecule has 4 amide bonds. The Hall–Kier alpha value is -4.37. The lowest BCUT2D eigenvalue weighted by Crippen LogP contribution is -2.36. The molecule has 0 spiro atoms. The van der Waals surface area contributed by atoms with E-state index in [1.54, 1.807) is 54.6 Å². The maximum Gasteiger partial charge on any atom is 0.294 e. The zero-order chi connectivity index (χ0) is 25.5. The van der Waals surface area contributed by atoms with Crippen LogP contribution in [-0.2, 0) is 14.4 Å². The first-order valence-electron chi connectivity index (χ1n) is 11.1. The number of anilines is 2. The average Bonchev–Trinajstić information content (AvgIpc) is 3.13. The number of para-hydroxylation sites is 2. The van der Waals surface area contributed by atoms with Gasteiger partial charge in [0.05, 0.1) is 4.91 Å². The molecule has 4 rings (SSSR count). The molecule has 0 radical (unpaired) electrons. The molecule has 1 aliphatic heterocycles. The minimum atomic E-state index is -0.526. The van der Waals surface area contributed by atoms with Crippen molar-refractivity contribution in [2.75, 3.05) is 23.8 Å². The van der Waals surface area contributed by atoms with Gasteiger partial charge in [0.25, 0.3) is 17.1 Å². The van der Waals surface area contributed by atoms with Gasteiger partial charge in [0.2, 0.25) is 5.91 Å². The highest BCUT2D eigenvalue weighted by atomic mass is 32.2. The molecule has 0 atom stereocenters. The number of benzene rings is 3. The van der Waals surface area contributed by atoms with Gasteiger partial charge < -0.3 is 15.4 Å². The molecule has 182 valence electrons. The van der Waals surface area contributed by atoms with Crippen molar-refractivity contribution in [1.29, 1.82) is 0 Å². The summed E-state index contributed by atoms with van der Waals surface area (Å²) in [5, 5.41) is 4.96. The van der Waals surface area contributed by atoms with Gasteiger partial charge in [0.1, 0.15) is 12.3 Å². The minimum Gasteiger partial charge on any atom is -0.484 e. The number of hydrogen-bond acceptors (Lipinski definition) is 6. The topological polar surface area (TPSA) is 105 Å². The van der Waals surface area contributed by atoms with Crippen molar-refractivity contribution in [1.82, 2.24) is 4.90 Å². The predicted octanol–water partition coefficient (Wildman–Crippen LogP) is 4.69. The highest BCUT2D eigenvalue weighted by Crippen LogP contribution is 2.32. The normalized spacial score (nSPS) is 14.1. The highest BCUT2D eigenvalue weighted by molar-refractivity contribution is 8.18. The van der Waals surface area contributed by atoms with Crippen molar-refractivity contribution in [3.8, 4) is 5.75 Å². The van der Waals surface area contributed by atoms with E-state index in [2.05, 4.69) is 10.6 Å². The first-order valence-corrected chi connectivity index (χ1v) is 11.9. The molecule has 36 heavy (non-hydrogen) atoms. The summed E-state index contributed by atoms with van der Waals surface area (Å²) in [6.07, 6.45) is 1.58. The van der Waals surface area contributed by atoms with Gasteiger partial charge in [-0.05, 0) is 66.2 Å². The van der Waals surface area contributed by atoms with Gasteiger partial charge in [-0.3, -0.25) is 24.1 Å². The third kappa shape index (κ3) is 6.39. The van der Waals surface area contributed by atoms with Gasteiger partial charge in [-0.15, -0.1) is 0 Å². The molecule has 1 aliphatic rings. The van der Waals surface area contributed by atoms with Crippen LogP contribution >= 0.6 is 11.8 Å². The Bertz CT molecular complexity index is 1320. The Morgan fingerprint density at radius 1 is 0.889 bits per heavy atom. The maximum atomic E-state index is 12.7. The summed E-state index contributed by atoms with van der Waals surface area (Å²) in [6.45, 7) is 1.38. The van der Waals surface area contributed by atoms with Crippen LogP contribution in [0.5, 0.6) is 5.75 Å². The summed E-state index contributed by atoms with van der Waals surface area (Å²) in [5.41, 5.74) is 2.94. The molecular weight excluding hydrogens is 478 g/mol. The number of nitrogens with zero attached hydrogens (tertiary/aromatic N) is 1. The van der Waals surface area contributed by atoms with Gasteiger partial charge in [-0.2, -0.15) is 0 Å². The number of rotatable bonds is 8. The first-order chi connectivity index (χ1) is 17.4. The second-order valence-corrected chi connectivity index (χ2v) is 8.90. The molecule has 1 fully saturated rings. The SMILES string of the molecule is Cc1ccccc1NC(=O)COc1ccc(/C=C2\SC(=O)N(CC(=O)Nc3ccccc3)C2=O)cc1. The number of aryl methyl sites for hydroxylation is 1. The summed E-state index contributed by atoms with van der Waals surface area (Å²) < 4.78 is 5.54. The van der Waals surface area contributed by atoms with E-state index < -0.39 is 17.1 Å². The molecule has 0 unspecified atom stereocenters. The Kier molecular flexibility index (Phi) is 7.82. The zero-order valence-corrected chi connectivity index (χ0v) is 20.2. The van der Waals surface area contributed by atoms with Crippen LogP contribution in [0.25, 0.3) is 6.08 Å². The number of ether oxygens (including phenoxy) is 1. The van der Waals surface area contributed by atoms with Gasteiger partial charge in [-0.25, -0.2) is 0 Å². The summed E-state index contributed by atoms with van der Waals surface area (Å²) in [5.74, 6) is -0.782. The number of nitrogens with one attached hydrogen (secondary N) is 2. The molecule has 3 aromatic rings. The lowest BCUT2D eigenvalue weighted by Gasteiger charge is -2.12. The number of imide groups is 1. The van der Waals surface area contributed by atoms with E-state index in [1.165, 1.54) is 0 Å². The fourth-order valence-corrected chi connectivity index (χ4v) is 4.20. The van der Waals surface area contributed by atoms with Gasteiger partial charge in [-0.1, -0.05) is 48.5 Å². The molecule has 0 aromatic heterocycles.